The lowest BCUT2D eigenvalue weighted by Gasteiger charge is -2.34. The summed E-state index contributed by atoms with van der Waals surface area (Å²) in [4.78, 5) is 0.240. The topological polar surface area (TPSA) is 46.6 Å². The molecule has 0 bridgehead atoms. The maximum Gasteiger partial charge on any atom is 0.246 e. The van der Waals surface area contributed by atoms with Crippen LogP contribution in [0.3, 0.4) is 0 Å². The van der Waals surface area contributed by atoms with Gasteiger partial charge in [-0.05, 0) is 42.9 Å². The molecule has 118 valence electrons. The summed E-state index contributed by atoms with van der Waals surface area (Å²) in [5, 5.41) is 0. The highest BCUT2D eigenvalue weighted by Gasteiger charge is 2.33. The van der Waals surface area contributed by atoms with E-state index in [1.54, 1.807) is 16.4 Å². The first kappa shape index (κ1) is 16.8. The zero-order valence-corrected chi connectivity index (χ0v) is 15.3. The highest BCUT2D eigenvalue weighted by Crippen LogP contribution is 2.34. The van der Waals surface area contributed by atoms with Gasteiger partial charge in [0.25, 0.3) is 0 Å². The van der Waals surface area contributed by atoms with E-state index in [4.69, 9.17) is 4.74 Å². The third-order valence-electron chi connectivity index (χ3n) is 3.90. The minimum absolute atomic E-state index is 0.240. The molecule has 1 fully saturated rings. The molecule has 0 unspecified atom stereocenters. The van der Waals surface area contributed by atoms with Crippen molar-refractivity contribution in [3.05, 3.63) is 22.2 Å². The van der Waals surface area contributed by atoms with Crippen molar-refractivity contribution < 1.29 is 13.2 Å². The Hall–Kier alpha value is -0.590. The predicted octanol–water partition coefficient (Wildman–Crippen LogP) is 3.43. The Morgan fingerprint density at radius 2 is 1.81 bits per heavy atom. The van der Waals surface area contributed by atoms with Gasteiger partial charge in [0, 0.05) is 17.6 Å². The normalized spacial score (nSPS) is 24.0. The molecule has 0 saturated carbocycles. The molecule has 0 amide bonds. The molecule has 0 aliphatic carbocycles. The molecule has 21 heavy (non-hydrogen) atoms. The first-order chi connectivity index (χ1) is 9.75. The molecule has 0 N–H and O–H groups in total. The number of methoxy groups -OCH3 is 1. The van der Waals surface area contributed by atoms with Crippen LogP contribution in [0.4, 0.5) is 0 Å². The Morgan fingerprint density at radius 1 is 1.24 bits per heavy atom. The highest BCUT2D eigenvalue weighted by atomic mass is 79.9. The van der Waals surface area contributed by atoms with Crippen molar-refractivity contribution in [3.63, 3.8) is 0 Å². The van der Waals surface area contributed by atoms with Crippen LogP contribution in [0.15, 0.2) is 21.5 Å². The van der Waals surface area contributed by atoms with Crippen LogP contribution in [-0.2, 0) is 10.0 Å². The molecule has 1 aromatic carbocycles. The van der Waals surface area contributed by atoms with Gasteiger partial charge in [-0.3, -0.25) is 0 Å². The van der Waals surface area contributed by atoms with Gasteiger partial charge >= 0.3 is 0 Å². The zero-order valence-electron chi connectivity index (χ0n) is 12.9. The van der Waals surface area contributed by atoms with E-state index >= 15 is 0 Å². The fraction of sp³-hybridized carbons (Fsp3) is 0.600. The van der Waals surface area contributed by atoms with Crippen LogP contribution < -0.4 is 4.74 Å². The predicted molar refractivity (Wildman–Crippen MR) is 87.1 cm³/mol. The SMILES string of the molecule is COc1cc(C)c(Br)cc1S(=O)(=O)N1C[C@H](C)C[C@H](C)C1. The summed E-state index contributed by atoms with van der Waals surface area (Å²) >= 11 is 3.41. The quantitative estimate of drug-likeness (QED) is 0.812. The Bertz CT molecular complexity index is 620. The summed E-state index contributed by atoms with van der Waals surface area (Å²) < 4.78 is 33.5. The van der Waals surface area contributed by atoms with Gasteiger partial charge in [-0.2, -0.15) is 4.31 Å². The molecule has 1 aliphatic rings. The third kappa shape index (κ3) is 3.43. The zero-order chi connectivity index (χ0) is 15.8. The van der Waals surface area contributed by atoms with Gasteiger partial charge in [0.05, 0.1) is 7.11 Å². The number of hydrogen-bond donors (Lipinski definition) is 0. The van der Waals surface area contributed by atoms with Gasteiger partial charge in [0.15, 0.2) is 0 Å². The van der Waals surface area contributed by atoms with Crippen molar-refractivity contribution in [1.29, 1.82) is 0 Å². The number of hydrogen-bond acceptors (Lipinski definition) is 3. The fourth-order valence-electron chi connectivity index (χ4n) is 2.94. The van der Waals surface area contributed by atoms with E-state index < -0.39 is 10.0 Å². The Balaban J connectivity index is 2.46. The lowest BCUT2D eigenvalue weighted by atomic mass is 9.94. The number of rotatable bonds is 3. The second-order valence-corrected chi connectivity index (χ2v) is 8.78. The first-order valence-electron chi connectivity index (χ1n) is 7.10. The molecular formula is C15H22BrNO3S. The monoisotopic (exact) mass is 375 g/mol. The lowest BCUT2D eigenvalue weighted by molar-refractivity contribution is 0.222. The van der Waals surface area contributed by atoms with Crippen molar-refractivity contribution >= 4 is 26.0 Å². The number of sulfonamides is 1. The maximum atomic E-state index is 12.9. The van der Waals surface area contributed by atoms with Crippen LogP contribution >= 0.6 is 15.9 Å². The summed E-state index contributed by atoms with van der Waals surface area (Å²) in [6.45, 7) is 7.25. The van der Waals surface area contributed by atoms with Gasteiger partial charge in [-0.25, -0.2) is 8.42 Å². The van der Waals surface area contributed by atoms with Crippen LogP contribution in [-0.4, -0.2) is 32.9 Å². The minimum atomic E-state index is -3.53. The number of halogens is 1. The van der Waals surface area contributed by atoms with Gasteiger partial charge < -0.3 is 4.74 Å². The summed E-state index contributed by atoms with van der Waals surface area (Å²) in [6, 6.07) is 3.40. The molecule has 2 atom stereocenters. The van der Waals surface area contributed by atoms with E-state index in [9.17, 15) is 8.42 Å². The van der Waals surface area contributed by atoms with Crippen molar-refractivity contribution in [3.8, 4) is 5.75 Å². The fourth-order valence-corrected chi connectivity index (χ4v) is 5.28. The van der Waals surface area contributed by atoms with Crippen molar-refractivity contribution in [2.45, 2.75) is 32.1 Å². The summed E-state index contributed by atoms with van der Waals surface area (Å²) in [7, 11) is -2.03. The molecule has 1 aromatic rings. The molecule has 1 aliphatic heterocycles. The van der Waals surface area contributed by atoms with Gasteiger partial charge in [-0.1, -0.05) is 29.8 Å². The second kappa shape index (κ2) is 6.26. The van der Waals surface area contributed by atoms with Gasteiger partial charge in [0.2, 0.25) is 10.0 Å². The van der Waals surface area contributed by atoms with Crippen LogP contribution in [0.1, 0.15) is 25.8 Å². The van der Waals surface area contributed by atoms with E-state index in [-0.39, 0.29) is 4.90 Å². The minimum Gasteiger partial charge on any atom is -0.495 e. The average Bonchev–Trinajstić information content (AvgIpc) is 2.40. The summed E-state index contributed by atoms with van der Waals surface area (Å²) in [6.07, 6.45) is 1.07. The average molecular weight is 376 g/mol. The smallest absolute Gasteiger partial charge is 0.246 e. The van der Waals surface area contributed by atoms with Crippen LogP contribution in [0.25, 0.3) is 0 Å². The Morgan fingerprint density at radius 3 is 2.33 bits per heavy atom. The summed E-state index contributed by atoms with van der Waals surface area (Å²) in [5.41, 5.74) is 0.950. The molecule has 1 saturated heterocycles. The standard InChI is InChI=1S/C15H22BrNO3S/c1-10-5-11(2)9-17(8-10)21(18,19)15-7-13(16)12(3)6-14(15)20-4/h6-7,10-11H,5,8-9H2,1-4H3/t10-,11+. The van der Waals surface area contributed by atoms with E-state index in [0.29, 0.717) is 30.7 Å². The molecule has 0 radical (unpaired) electrons. The molecule has 0 aromatic heterocycles. The van der Waals surface area contributed by atoms with E-state index in [1.165, 1.54) is 7.11 Å². The molecule has 0 spiro atoms. The van der Waals surface area contributed by atoms with Gasteiger partial charge in [-0.15, -0.1) is 0 Å². The Labute approximate surface area is 135 Å². The van der Waals surface area contributed by atoms with E-state index in [0.717, 1.165) is 16.5 Å². The molecule has 6 heteroatoms. The van der Waals surface area contributed by atoms with Crippen LogP contribution in [0.2, 0.25) is 0 Å². The Kier molecular flexibility index (Phi) is 5.00. The number of aryl methyl sites for hydroxylation is 1. The molecular weight excluding hydrogens is 354 g/mol. The number of piperidine rings is 1. The maximum absolute atomic E-state index is 12.9. The van der Waals surface area contributed by atoms with E-state index in [1.807, 2.05) is 6.92 Å². The number of ether oxygens (including phenoxy) is 1. The lowest BCUT2D eigenvalue weighted by Crippen LogP contribution is -2.42. The highest BCUT2D eigenvalue weighted by molar-refractivity contribution is 9.10. The largest absolute Gasteiger partial charge is 0.495 e. The first-order valence-corrected chi connectivity index (χ1v) is 9.33. The van der Waals surface area contributed by atoms with Crippen molar-refractivity contribution in [2.24, 2.45) is 11.8 Å². The van der Waals surface area contributed by atoms with Crippen LogP contribution in [0.5, 0.6) is 5.75 Å². The van der Waals surface area contributed by atoms with Gasteiger partial charge in [0.1, 0.15) is 10.6 Å². The number of nitrogens with zero attached hydrogens (tertiary/aromatic N) is 1. The van der Waals surface area contributed by atoms with Crippen LogP contribution in [0, 0.1) is 18.8 Å². The summed E-state index contributed by atoms with van der Waals surface area (Å²) in [5.74, 6) is 1.16. The molecule has 2 rings (SSSR count). The molecule has 1 heterocycles. The van der Waals surface area contributed by atoms with Crippen molar-refractivity contribution in [2.75, 3.05) is 20.2 Å². The third-order valence-corrected chi connectivity index (χ3v) is 6.61. The van der Waals surface area contributed by atoms with E-state index in [2.05, 4.69) is 29.8 Å². The number of benzene rings is 1. The second-order valence-electron chi connectivity index (χ2n) is 6.02. The van der Waals surface area contributed by atoms with Crippen molar-refractivity contribution in [1.82, 2.24) is 4.31 Å². The molecule has 4 nitrogen and oxygen atoms in total.